The Morgan fingerprint density at radius 1 is 0.929 bits per heavy atom. The van der Waals surface area contributed by atoms with Crippen molar-refractivity contribution in [1.82, 2.24) is 9.88 Å². The van der Waals surface area contributed by atoms with Gasteiger partial charge in [-0.05, 0) is 85.3 Å². The number of aromatic nitrogens is 1. The summed E-state index contributed by atoms with van der Waals surface area (Å²) in [5, 5.41) is 0.747. The molecule has 1 saturated heterocycles. The van der Waals surface area contributed by atoms with Crippen molar-refractivity contribution >= 4 is 11.6 Å². The van der Waals surface area contributed by atoms with Crippen LogP contribution in [-0.4, -0.2) is 29.5 Å². The second-order valence-corrected chi connectivity index (χ2v) is 7.94. The van der Waals surface area contributed by atoms with Crippen LogP contribution in [0.2, 0.25) is 5.02 Å². The average Bonchev–Trinajstić information content (AvgIpc) is 2.74. The molecule has 4 rings (SSSR count). The van der Waals surface area contributed by atoms with Gasteiger partial charge in [0.1, 0.15) is 5.82 Å². The number of benzene rings is 2. The summed E-state index contributed by atoms with van der Waals surface area (Å²) in [6.45, 7) is 3.22. The summed E-state index contributed by atoms with van der Waals surface area (Å²) in [5.74, 6) is 0.391. The minimum Gasteiger partial charge on any atom is -0.303 e. The Labute approximate surface area is 171 Å². The largest absolute Gasteiger partial charge is 0.303 e. The normalized spacial score (nSPS) is 15.6. The molecule has 1 aromatic heterocycles. The molecule has 1 fully saturated rings. The molecule has 144 valence electrons. The molecule has 0 unspecified atom stereocenters. The first kappa shape index (κ1) is 19.1. The van der Waals surface area contributed by atoms with E-state index in [4.69, 9.17) is 11.6 Å². The van der Waals surface area contributed by atoms with Gasteiger partial charge >= 0.3 is 0 Å². The predicted octanol–water partition coefficient (Wildman–Crippen LogP) is 5.96. The van der Waals surface area contributed by atoms with Crippen molar-refractivity contribution in [1.29, 1.82) is 0 Å². The van der Waals surface area contributed by atoms with Crippen LogP contribution in [0.3, 0.4) is 0 Å². The van der Waals surface area contributed by atoms with E-state index < -0.39 is 0 Å². The van der Waals surface area contributed by atoms with Crippen molar-refractivity contribution in [3.63, 3.8) is 0 Å². The highest BCUT2D eigenvalue weighted by Gasteiger charge is 2.20. The van der Waals surface area contributed by atoms with Gasteiger partial charge in [0.25, 0.3) is 0 Å². The van der Waals surface area contributed by atoms with E-state index in [9.17, 15) is 4.39 Å². The van der Waals surface area contributed by atoms with Gasteiger partial charge in [-0.3, -0.25) is 4.98 Å². The minimum atomic E-state index is -0.157. The maximum atomic E-state index is 13.1. The molecule has 1 aliphatic heterocycles. The molecule has 2 aromatic carbocycles. The Balaban J connectivity index is 1.31. The van der Waals surface area contributed by atoms with Crippen LogP contribution in [0, 0.1) is 5.82 Å². The number of likely N-dealkylation sites (tertiary alicyclic amines) is 1. The van der Waals surface area contributed by atoms with Gasteiger partial charge in [-0.2, -0.15) is 0 Å². The van der Waals surface area contributed by atoms with Crippen molar-refractivity contribution in [3.8, 4) is 11.1 Å². The number of nitrogens with zero attached hydrogens (tertiary/aromatic N) is 2. The number of pyridine rings is 1. The van der Waals surface area contributed by atoms with Crippen LogP contribution in [0.1, 0.15) is 29.9 Å². The molecule has 2 nitrogen and oxygen atoms in total. The number of halogens is 2. The number of rotatable bonds is 5. The third-order valence-corrected chi connectivity index (χ3v) is 5.87. The molecule has 0 bridgehead atoms. The van der Waals surface area contributed by atoms with Gasteiger partial charge in [0.2, 0.25) is 0 Å². The number of piperidine rings is 1. The van der Waals surface area contributed by atoms with Crippen LogP contribution in [0.5, 0.6) is 0 Å². The Bertz CT molecular complexity index is 901. The fraction of sp³-hybridized carbons (Fsp3) is 0.292. The Hall–Kier alpha value is -2.23. The molecule has 3 aromatic rings. The van der Waals surface area contributed by atoms with Gasteiger partial charge in [0, 0.05) is 29.5 Å². The summed E-state index contributed by atoms with van der Waals surface area (Å²) in [5.41, 5.74) is 4.79. The Morgan fingerprint density at radius 3 is 2.36 bits per heavy atom. The first-order valence-corrected chi connectivity index (χ1v) is 10.2. The molecule has 0 amide bonds. The van der Waals surface area contributed by atoms with Crippen LogP contribution < -0.4 is 0 Å². The molecule has 4 heteroatoms. The van der Waals surface area contributed by atoms with E-state index in [0.29, 0.717) is 5.92 Å². The summed E-state index contributed by atoms with van der Waals surface area (Å²) >= 11 is 5.98. The molecule has 0 spiro atoms. The zero-order chi connectivity index (χ0) is 19.3. The van der Waals surface area contributed by atoms with E-state index in [1.54, 1.807) is 12.1 Å². The fourth-order valence-electron chi connectivity index (χ4n) is 3.94. The third kappa shape index (κ3) is 4.78. The molecular weight excluding hydrogens is 371 g/mol. The Morgan fingerprint density at radius 2 is 1.64 bits per heavy atom. The molecular formula is C24H24ClFN2. The van der Waals surface area contributed by atoms with Crippen molar-refractivity contribution in [3.05, 3.63) is 89.0 Å². The topological polar surface area (TPSA) is 16.1 Å². The lowest BCUT2D eigenvalue weighted by atomic mass is 9.89. The quantitative estimate of drug-likeness (QED) is 0.530. The molecule has 28 heavy (non-hydrogen) atoms. The maximum absolute atomic E-state index is 13.1. The van der Waals surface area contributed by atoms with Crippen LogP contribution in [0.15, 0.2) is 67.0 Å². The van der Waals surface area contributed by atoms with E-state index >= 15 is 0 Å². The van der Waals surface area contributed by atoms with E-state index in [1.807, 2.05) is 48.8 Å². The zero-order valence-electron chi connectivity index (χ0n) is 15.8. The van der Waals surface area contributed by atoms with Crippen molar-refractivity contribution in [2.75, 3.05) is 19.6 Å². The van der Waals surface area contributed by atoms with Gasteiger partial charge in [-0.15, -0.1) is 0 Å². The summed E-state index contributed by atoms with van der Waals surface area (Å²) in [6, 6.07) is 17.1. The molecule has 0 aliphatic carbocycles. The molecule has 0 radical (unpaired) electrons. The monoisotopic (exact) mass is 394 g/mol. The van der Waals surface area contributed by atoms with E-state index in [2.05, 4.69) is 16.0 Å². The smallest absolute Gasteiger partial charge is 0.123 e. The Kier molecular flexibility index (Phi) is 6.04. The van der Waals surface area contributed by atoms with Gasteiger partial charge in [-0.1, -0.05) is 35.9 Å². The van der Waals surface area contributed by atoms with Crippen LogP contribution in [0.25, 0.3) is 11.1 Å². The predicted molar refractivity (Wildman–Crippen MR) is 113 cm³/mol. The highest BCUT2D eigenvalue weighted by atomic mass is 35.5. The van der Waals surface area contributed by atoms with Crippen molar-refractivity contribution in [2.45, 2.75) is 25.2 Å². The number of hydrogen-bond donors (Lipinski definition) is 0. The molecule has 1 aliphatic rings. The van der Waals surface area contributed by atoms with Gasteiger partial charge in [0.05, 0.1) is 0 Å². The molecule has 0 N–H and O–H groups in total. The first-order chi connectivity index (χ1) is 13.7. The van der Waals surface area contributed by atoms with E-state index in [0.717, 1.165) is 55.0 Å². The first-order valence-electron chi connectivity index (χ1n) is 9.85. The maximum Gasteiger partial charge on any atom is 0.123 e. The second-order valence-electron chi connectivity index (χ2n) is 7.51. The standard InChI is InChI=1S/C24H24ClFN2/c25-23-5-1-20(2-6-23)22-15-18(16-27-17-22)9-12-28-13-10-21(11-14-28)19-3-7-24(26)8-4-19/h1-8,15-17,21H,9-14H2. The summed E-state index contributed by atoms with van der Waals surface area (Å²) in [7, 11) is 0. The fourth-order valence-corrected chi connectivity index (χ4v) is 4.06. The van der Waals surface area contributed by atoms with Crippen molar-refractivity contribution in [2.24, 2.45) is 0 Å². The van der Waals surface area contributed by atoms with Crippen LogP contribution in [0.4, 0.5) is 4.39 Å². The van der Waals surface area contributed by atoms with Crippen LogP contribution >= 0.6 is 11.6 Å². The van der Waals surface area contributed by atoms with Gasteiger partial charge in [-0.25, -0.2) is 4.39 Å². The number of hydrogen-bond acceptors (Lipinski definition) is 2. The lowest BCUT2D eigenvalue weighted by Crippen LogP contribution is -2.34. The summed E-state index contributed by atoms with van der Waals surface area (Å²) in [6.07, 6.45) is 7.13. The van der Waals surface area contributed by atoms with Gasteiger partial charge < -0.3 is 4.90 Å². The minimum absolute atomic E-state index is 0.157. The summed E-state index contributed by atoms with van der Waals surface area (Å²) < 4.78 is 13.1. The highest BCUT2D eigenvalue weighted by Crippen LogP contribution is 2.28. The molecule has 0 atom stereocenters. The van der Waals surface area contributed by atoms with Gasteiger partial charge in [0.15, 0.2) is 0 Å². The second kappa shape index (κ2) is 8.85. The van der Waals surface area contributed by atoms with Crippen molar-refractivity contribution < 1.29 is 4.39 Å². The molecule has 0 saturated carbocycles. The van der Waals surface area contributed by atoms with Crippen LogP contribution in [-0.2, 0) is 6.42 Å². The van der Waals surface area contributed by atoms with E-state index in [1.165, 1.54) is 11.1 Å². The zero-order valence-corrected chi connectivity index (χ0v) is 16.6. The third-order valence-electron chi connectivity index (χ3n) is 5.62. The molecule has 2 heterocycles. The SMILES string of the molecule is Fc1ccc(C2CCN(CCc3cncc(-c4ccc(Cl)cc4)c3)CC2)cc1. The highest BCUT2D eigenvalue weighted by molar-refractivity contribution is 6.30. The summed E-state index contributed by atoms with van der Waals surface area (Å²) in [4.78, 5) is 6.95. The average molecular weight is 395 g/mol. The van der Waals surface area contributed by atoms with E-state index in [-0.39, 0.29) is 5.82 Å². The lowest BCUT2D eigenvalue weighted by Gasteiger charge is -2.32. The lowest BCUT2D eigenvalue weighted by molar-refractivity contribution is 0.214.